The number of amides is 1. The molecule has 144 valence electrons. The van der Waals surface area contributed by atoms with Crippen molar-refractivity contribution in [2.45, 2.75) is 26.4 Å². The highest BCUT2D eigenvalue weighted by molar-refractivity contribution is 6.31. The van der Waals surface area contributed by atoms with E-state index in [-0.39, 0.29) is 22.4 Å². The fourth-order valence-corrected chi connectivity index (χ4v) is 3.11. The van der Waals surface area contributed by atoms with E-state index in [4.69, 9.17) is 21.1 Å². The van der Waals surface area contributed by atoms with E-state index in [1.165, 1.54) is 18.2 Å². The minimum atomic E-state index is -0.637. The second-order valence-corrected chi connectivity index (χ2v) is 6.72. The molecule has 0 radical (unpaired) electrons. The van der Waals surface area contributed by atoms with Gasteiger partial charge in [-0.2, -0.15) is 5.26 Å². The van der Waals surface area contributed by atoms with Crippen LogP contribution in [-0.2, 0) is 11.2 Å². The maximum absolute atomic E-state index is 13.3. The van der Waals surface area contributed by atoms with Crippen molar-refractivity contribution in [2.24, 2.45) is 0 Å². The zero-order valence-electron chi connectivity index (χ0n) is 15.4. The van der Waals surface area contributed by atoms with Gasteiger partial charge in [0.1, 0.15) is 35.1 Å². The molecular weight excluding hydrogens is 383 g/mol. The van der Waals surface area contributed by atoms with Crippen LogP contribution in [-0.4, -0.2) is 18.6 Å². The minimum absolute atomic E-state index is 0.0608. The number of anilines is 1. The standard InChI is InChI=1S/C21H18ClFN2O3/c1-3-27-19-8-13-6-12(2)28-20(13)9-14(19)7-15(11-24)21(26)25-16-4-5-18(23)17(22)10-16/h4-5,7-10,12H,3,6H2,1-2H3,(H,25,26)/b15-7+/t12-/m1/s1. The molecular formula is C21H18ClFN2O3. The molecule has 0 bridgehead atoms. The van der Waals surface area contributed by atoms with Gasteiger partial charge in [0, 0.05) is 23.2 Å². The van der Waals surface area contributed by atoms with Crippen LogP contribution in [0.3, 0.4) is 0 Å². The van der Waals surface area contributed by atoms with Crippen molar-refractivity contribution >= 4 is 29.3 Å². The van der Waals surface area contributed by atoms with E-state index < -0.39 is 11.7 Å². The number of halogens is 2. The summed E-state index contributed by atoms with van der Waals surface area (Å²) < 4.78 is 24.7. The summed E-state index contributed by atoms with van der Waals surface area (Å²) in [6.45, 7) is 4.27. The fourth-order valence-electron chi connectivity index (χ4n) is 2.92. The predicted molar refractivity (Wildman–Crippen MR) is 105 cm³/mol. The third-order valence-electron chi connectivity index (χ3n) is 4.17. The second kappa shape index (κ2) is 8.32. The summed E-state index contributed by atoms with van der Waals surface area (Å²) in [6, 6.07) is 9.31. The molecule has 0 fully saturated rings. The summed E-state index contributed by atoms with van der Waals surface area (Å²) in [5, 5.41) is 11.9. The molecule has 0 saturated carbocycles. The normalized spacial score (nSPS) is 15.4. The van der Waals surface area contributed by atoms with Crippen molar-refractivity contribution < 1.29 is 18.7 Å². The molecule has 0 aliphatic carbocycles. The molecule has 7 heteroatoms. The number of rotatable bonds is 5. The van der Waals surface area contributed by atoms with Gasteiger partial charge in [0.2, 0.25) is 0 Å². The largest absolute Gasteiger partial charge is 0.493 e. The Morgan fingerprint density at radius 1 is 1.46 bits per heavy atom. The topological polar surface area (TPSA) is 71.3 Å². The lowest BCUT2D eigenvalue weighted by Crippen LogP contribution is -2.13. The summed E-state index contributed by atoms with van der Waals surface area (Å²) in [4.78, 5) is 12.5. The number of fused-ring (bicyclic) bond motifs is 1. The van der Waals surface area contributed by atoms with Crippen LogP contribution >= 0.6 is 11.6 Å². The molecule has 0 saturated heterocycles. The molecule has 5 nitrogen and oxygen atoms in total. The molecule has 1 aliphatic rings. The van der Waals surface area contributed by atoms with Crippen molar-refractivity contribution in [3.05, 3.63) is 57.9 Å². The Balaban J connectivity index is 1.91. The van der Waals surface area contributed by atoms with Crippen molar-refractivity contribution in [3.8, 4) is 17.6 Å². The summed E-state index contributed by atoms with van der Waals surface area (Å²) >= 11 is 5.73. The lowest BCUT2D eigenvalue weighted by atomic mass is 10.0. The van der Waals surface area contributed by atoms with E-state index in [1.807, 2.05) is 26.0 Å². The van der Waals surface area contributed by atoms with Crippen LogP contribution in [0.25, 0.3) is 6.08 Å². The molecule has 3 rings (SSSR count). The first-order chi connectivity index (χ1) is 13.4. The van der Waals surface area contributed by atoms with Crippen molar-refractivity contribution in [1.82, 2.24) is 0 Å². The van der Waals surface area contributed by atoms with Gasteiger partial charge in [-0.15, -0.1) is 0 Å². The maximum atomic E-state index is 13.3. The van der Waals surface area contributed by atoms with E-state index in [0.717, 1.165) is 18.1 Å². The Morgan fingerprint density at radius 2 is 2.25 bits per heavy atom. The summed E-state index contributed by atoms with van der Waals surface area (Å²) in [5.74, 6) is 0.0568. The maximum Gasteiger partial charge on any atom is 0.266 e. The smallest absolute Gasteiger partial charge is 0.266 e. The van der Waals surface area contributed by atoms with Crippen molar-refractivity contribution in [3.63, 3.8) is 0 Å². The fraction of sp³-hybridized carbons (Fsp3) is 0.238. The van der Waals surface area contributed by atoms with Crippen LogP contribution < -0.4 is 14.8 Å². The number of hydrogen-bond acceptors (Lipinski definition) is 4. The van der Waals surface area contributed by atoms with Crippen LogP contribution in [0.4, 0.5) is 10.1 Å². The molecule has 0 spiro atoms. The number of nitrogens with one attached hydrogen (secondary N) is 1. The van der Waals surface area contributed by atoms with E-state index >= 15 is 0 Å². The van der Waals surface area contributed by atoms with Gasteiger partial charge in [0.25, 0.3) is 5.91 Å². The van der Waals surface area contributed by atoms with Crippen molar-refractivity contribution in [1.29, 1.82) is 5.26 Å². The number of nitrogens with zero attached hydrogens (tertiary/aromatic N) is 1. The molecule has 1 atom stereocenters. The number of hydrogen-bond donors (Lipinski definition) is 1. The highest BCUT2D eigenvalue weighted by Gasteiger charge is 2.22. The highest BCUT2D eigenvalue weighted by atomic mass is 35.5. The van der Waals surface area contributed by atoms with Crippen LogP contribution in [0.1, 0.15) is 25.0 Å². The van der Waals surface area contributed by atoms with Crippen LogP contribution in [0.15, 0.2) is 35.9 Å². The molecule has 1 N–H and O–H groups in total. The summed E-state index contributed by atoms with van der Waals surface area (Å²) in [5.41, 5.74) is 1.75. The molecule has 2 aromatic carbocycles. The molecule has 0 unspecified atom stereocenters. The highest BCUT2D eigenvalue weighted by Crippen LogP contribution is 2.36. The minimum Gasteiger partial charge on any atom is -0.493 e. The van der Waals surface area contributed by atoms with Gasteiger partial charge in [-0.25, -0.2) is 4.39 Å². The third kappa shape index (κ3) is 4.26. The first kappa shape index (κ1) is 19.7. The Hall–Kier alpha value is -3.04. The van der Waals surface area contributed by atoms with Gasteiger partial charge in [0.05, 0.1) is 11.6 Å². The van der Waals surface area contributed by atoms with Gasteiger partial charge in [-0.1, -0.05) is 11.6 Å². The zero-order valence-corrected chi connectivity index (χ0v) is 16.1. The molecule has 1 amide bonds. The van der Waals surface area contributed by atoms with E-state index in [2.05, 4.69) is 5.32 Å². The lowest BCUT2D eigenvalue weighted by molar-refractivity contribution is -0.112. The van der Waals surface area contributed by atoms with Crippen molar-refractivity contribution in [2.75, 3.05) is 11.9 Å². The number of ether oxygens (including phenoxy) is 2. The second-order valence-electron chi connectivity index (χ2n) is 6.32. The molecule has 1 aliphatic heterocycles. The van der Waals surface area contributed by atoms with E-state index in [9.17, 15) is 14.4 Å². The number of carbonyl (C=O) groups is 1. The number of benzene rings is 2. The van der Waals surface area contributed by atoms with Gasteiger partial charge >= 0.3 is 0 Å². The van der Waals surface area contributed by atoms with Gasteiger partial charge in [0.15, 0.2) is 0 Å². The monoisotopic (exact) mass is 400 g/mol. The first-order valence-corrected chi connectivity index (χ1v) is 9.13. The van der Waals surface area contributed by atoms with Crippen LogP contribution in [0.2, 0.25) is 5.02 Å². The van der Waals surface area contributed by atoms with E-state index in [0.29, 0.717) is 23.7 Å². The van der Waals surface area contributed by atoms with Gasteiger partial charge in [-0.05, 0) is 50.3 Å². The molecule has 0 aromatic heterocycles. The average molecular weight is 401 g/mol. The SMILES string of the molecule is CCOc1cc2c(cc1/C=C(\C#N)C(=O)Nc1ccc(F)c(Cl)c1)O[C@H](C)C2. The van der Waals surface area contributed by atoms with Gasteiger partial charge in [-0.3, -0.25) is 4.79 Å². The van der Waals surface area contributed by atoms with E-state index in [1.54, 1.807) is 6.07 Å². The predicted octanol–water partition coefficient (Wildman–Crippen LogP) is 4.75. The third-order valence-corrected chi connectivity index (χ3v) is 4.46. The zero-order chi connectivity index (χ0) is 20.3. The Kier molecular flexibility index (Phi) is 5.86. The number of carbonyl (C=O) groups excluding carboxylic acids is 1. The summed E-state index contributed by atoms with van der Waals surface area (Å²) in [7, 11) is 0. The average Bonchev–Trinajstić information content (AvgIpc) is 3.01. The molecule has 1 heterocycles. The molecule has 28 heavy (non-hydrogen) atoms. The first-order valence-electron chi connectivity index (χ1n) is 8.75. The Labute approximate surface area is 167 Å². The quantitative estimate of drug-likeness (QED) is 0.581. The lowest BCUT2D eigenvalue weighted by Gasteiger charge is -2.11. The summed E-state index contributed by atoms with van der Waals surface area (Å²) in [6.07, 6.45) is 2.28. The number of nitriles is 1. The van der Waals surface area contributed by atoms with Crippen LogP contribution in [0.5, 0.6) is 11.5 Å². The Bertz CT molecular complexity index is 998. The Morgan fingerprint density at radius 3 is 2.93 bits per heavy atom. The molecule has 2 aromatic rings. The van der Waals surface area contributed by atoms with Gasteiger partial charge < -0.3 is 14.8 Å². The van der Waals surface area contributed by atoms with Crippen LogP contribution in [0, 0.1) is 17.1 Å².